The number of nitrogens with zero attached hydrogens (tertiary/aromatic N) is 3. The minimum Gasteiger partial charge on any atom is -0.352 e. The highest BCUT2D eigenvalue weighted by Crippen LogP contribution is 2.27. The van der Waals surface area contributed by atoms with Crippen molar-refractivity contribution in [3.05, 3.63) is 47.8 Å². The van der Waals surface area contributed by atoms with E-state index in [1.807, 2.05) is 48.1 Å². The fraction of sp³-hybridized carbons (Fsp3) is 0.350. The van der Waals surface area contributed by atoms with Crippen LogP contribution in [-0.2, 0) is 6.54 Å². The van der Waals surface area contributed by atoms with Crippen LogP contribution in [0.3, 0.4) is 0 Å². The summed E-state index contributed by atoms with van der Waals surface area (Å²) in [6.45, 7) is 9.71. The van der Waals surface area contributed by atoms with Crippen LogP contribution in [0, 0.1) is 12.8 Å². The molecule has 1 N–H and O–H groups in total. The smallest absolute Gasteiger partial charge is 0.252 e. The molecule has 0 aliphatic carbocycles. The maximum Gasteiger partial charge on any atom is 0.252 e. The monoisotopic (exact) mass is 336 g/mol. The molecule has 5 nitrogen and oxygen atoms in total. The van der Waals surface area contributed by atoms with Crippen molar-refractivity contribution < 1.29 is 4.79 Å². The van der Waals surface area contributed by atoms with Crippen molar-refractivity contribution in [2.45, 2.75) is 34.2 Å². The summed E-state index contributed by atoms with van der Waals surface area (Å²) in [4.78, 5) is 17.5. The minimum atomic E-state index is -0.0610. The summed E-state index contributed by atoms with van der Waals surface area (Å²) in [6, 6.07) is 9.64. The van der Waals surface area contributed by atoms with Crippen LogP contribution in [0.1, 0.15) is 36.8 Å². The molecule has 1 aromatic carbocycles. The Morgan fingerprint density at radius 1 is 1.28 bits per heavy atom. The second-order valence-corrected chi connectivity index (χ2v) is 6.64. The molecule has 25 heavy (non-hydrogen) atoms. The van der Waals surface area contributed by atoms with Gasteiger partial charge in [0.15, 0.2) is 0 Å². The highest BCUT2D eigenvalue weighted by atomic mass is 16.1. The van der Waals surface area contributed by atoms with Crippen molar-refractivity contribution in [2.75, 3.05) is 6.54 Å². The van der Waals surface area contributed by atoms with Crippen LogP contribution in [0.15, 0.2) is 36.5 Å². The highest BCUT2D eigenvalue weighted by Gasteiger charge is 2.16. The lowest BCUT2D eigenvalue weighted by atomic mass is 10.0. The number of amides is 1. The third-order valence-corrected chi connectivity index (χ3v) is 4.31. The van der Waals surface area contributed by atoms with Crippen molar-refractivity contribution >= 4 is 16.8 Å². The third kappa shape index (κ3) is 3.40. The predicted octanol–water partition coefficient (Wildman–Crippen LogP) is 3.81. The largest absolute Gasteiger partial charge is 0.352 e. The van der Waals surface area contributed by atoms with Gasteiger partial charge in [0.2, 0.25) is 0 Å². The van der Waals surface area contributed by atoms with E-state index in [2.05, 4.69) is 31.2 Å². The first-order valence-electron chi connectivity index (χ1n) is 8.72. The number of benzene rings is 1. The maximum atomic E-state index is 12.7. The van der Waals surface area contributed by atoms with Crippen molar-refractivity contribution in [3.8, 4) is 11.3 Å². The highest BCUT2D eigenvalue weighted by molar-refractivity contribution is 6.07. The van der Waals surface area contributed by atoms with E-state index in [0.29, 0.717) is 18.0 Å². The molecule has 1 amide bonds. The van der Waals surface area contributed by atoms with Crippen LogP contribution >= 0.6 is 0 Å². The second kappa shape index (κ2) is 7.05. The van der Waals surface area contributed by atoms with E-state index in [1.165, 1.54) is 0 Å². The summed E-state index contributed by atoms with van der Waals surface area (Å²) in [7, 11) is 0. The average Bonchev–Trinajstić information content (AvgIpc) is 2.99. The summed E-state index contributed by atoms with van der Waals surface area (Å²) >= 11 is 0. The number of nitrogens with one attached hydrogen (secondary N) is 1. The maximum absolute atomic E-state index is 12.7. The van der Waals surface area contributed by atoms with E-state index in [4.69, 9.17) is 4.98 Å². The van der Waals surface area contributed by atoms with Gasteiger partial charge in [0.25, 0.3) is 5.91 Å². The second-order valence-electron chi connectivity index (χ2n) is 6.64. The Morgan fingerprint density at radius 3 is 2.72 bits per heavy atom. The Labute approximate surface area is 148 Å². The first kappa shape index (κ1) is 17.1. The molecule has 0 bridgehead atoms. The van der Waals surface area contributed by atoms with Gasteiger partial charge in [-0.25, -0.2) is 4.98 Å². The lowest BCUT2D eigenvalue weighted by Gasteiger charge is -2.11. The van der Waals surface area contributed by atoms with E-state index < -0.39 is 0 Å². The van der Waals surface area contributed by atoms with Crippen LogP contribution in [0.2, 0.25) is 0 Å². The Morgan fingerprint density at radius 2 is 2.04 bits per heavy atom. The summed E-state index contributed by atoms with van der Waals surface area (Å²) < 4.78 is 1.94. The normalized spacial score (nSPS) is 11.2. The van der Waals surface area contributed by atoms with Gasteiger partial charge in [-0.15, -0.1) is 0 Å². The fourth-order valence-electron chi connectivity index (χ4n) is 2.91. The molecule has 0 saturated carbocycles. The SMILES string of the molecule is CCn1ncc(-c2cc(C(=O)NCC(C)C)c3ccccc3n2)c1C. The molecule has 0 radical (unpaired) electrons. The van der Waals surface area contributed by atoms with Crippen LogP contribution in [0.5, 0.6) is 0 Å². The number of hydrogen-bond donors (Lipinski definition) is 1. The van der Waals surface area contributed by atoms with Gasteiger partial charge in [-0.05, 0) is 31.9 Å². The Kier molecular flexibility index (Phi) is 4.83. The van der Waals surface area contributed by atoms with Gasteiger partial charge < -0.3 is 5.32 Å². The van der Waals surface area contributed by atoms with Crippen LogP contribution in [-0.4, -0.2) is 27.2 Å². The molecule has 130 valence electrons. The number of pyridine rings is 1. The van der Waals surface area contributed by atoms with Gasteiger partial charge in [0, 0.05) is 29.7 Å². The summed E-state index contributed by atoms with van der Waals surface area (Å²) in [5, 5.41) is 8.28. The molecule has 0 aliphatic heterocycles. The van der Waals surface area contributed by atoms with Crippen LogP contribution in [0.25, 0.3) is 22.2 Å². The van der Waals surface area contributed by atoms with Crippen LogP contribution < -0.4 is 5.32 Å². The van der Waals surface area contributed by atoms with E-state index in [0.717, 1.165) is 34.4 Å². The number of carbonyl (C=O) groups excluding carboxylic acids is 1. The van der Waals surface area contributed by atoms with E-state index >= 15 is 0 Å². The van der Waals surface area contributed by atoms with E-state index in [1.54, 1.807) is 0 Å². The molecule has 0 atom stereocenters. The lowest BCUT2D eigenvalue weighted by Crippen LogP contribution is -2.27. The number of aromatic nitrogens is 3. The van der Waals surface area contributed by atoms with E-state index in [9.17, 15) is 4.79 Å². The van der Waals surface area contributed by atoms with Crippen LogP contribution in [0.4, 0.5) is 0 Å². The summed E-state index contributed by atoms with van der Waals surface area (Å²) in [5.74, 6) is 0.343. The molecule has 0 aliphatic rings. The summed E-state index contributed by atoms with van der Waals surface area (Å²) in [6.07, 6.45) is 1.83. The number of rotatable bonds is 5. The Balaban J connectivity index is 2.12. The van der Waals surface area contributed by atoms with Gasteiger partial charge in [-0.2, -0.15) is 5.10 Å². The topological polar surface area (TPSA) is 59.8 Å². The molecule has 3 aromatic rings. The van der Waals surface area contributed by atoms with Gasteiger partial charge >= 0.3 is 0 Å². The molecule has 2 aromatic heterocycles. The van der Waals surface area contributed by atoms with Crippen molar-refractivity contribution in [2.24, 2.45) is 5.92 Å². The number of fused-ring (bicyclic) bond motifs is 1. The zero-order chi connectivity index (χ0) is 18.0. The summed E-state index contributed by atoms with van der Waals surface area (Å²) in [5.41, 5.74) is 4.28. The first-order valence-corrected chi connectivity index (χ1v) is 8.72. The number of hydrogen-bond acceptors (Lipinski definition) is 3. The zero-order valence-corrected chi connectivity index (χ0v) is 15.2. The zero-order valence-electron chi connectivity index (χ0n) is 15.2. The molecule has 0 spiro atoms. The molecular formula is C20H24N4O. The standard InChI is InChI=1S/C20H24N4O/c1-5-24-14(4)17(12-22-24)19-10-16(20(25)21-11-13(2)3)15-8-6-7-9-18(15)23-19/h6-10,12-13H,5,11H2,1-4H3,(H,21,25). The van der Waals surface area contributed by atoms with Gasteiger partial charge in [-0.1, -0.05) is 32.0 Å². The van der Waals surface area contributed by atoms with E-state index in [-0.39, 0.29) is 5.91 Å². The molecule has 0 saturated heterocycles. The van der Waals surface area contributed by atoms with Crippen molar-refractivity contribution in [1.82, 2.24) is 20.1 Å². The third-order valence-electron chi connectivity index (χ3n) is 4.31. The average molecular weight is 336 g/mol. The Bertz CT molecular complexity index is 911. The van der Waals surface area contributed by atoms with Crippen molar-refractivity contribution in [3.63, 3.8) is 0 Å². The quantitative estimate of drug-likeness (QED) is 0.770. The lowest BCUT2D eigenvalue weighted by molar-refractivity contribution is 0.0950. The Hall–Kier alpha value is -2.69. The molecular weight excluding hydrogens is 312 g/mol. The minimum absolute atomic E-state index is 0.0610. The molecule has 0 fully saturated rings. The number of para-hydroxylation sites is 1. The first-order chi connectivity index (χ1) is 12.0. The fourth-order valence-corrected chi connectivity index (χ4v) is 2.91. The predicted molar refractivity (Wildman–Crippen MR) is 101 cm³/mol. The van der Waals surface area contributed by atoms with Gasteiger partial charge in [0.05, 0.1) is 23.0 Å². The molecule has 5 heteroatoms. The number of aryl methyl sites for hydroxylation is 1. The van der Waals surface area contributed by atoms with Gasteiger partial charge in [0.1, 0.15) is 0 Å². The van der Waals surface area contributed by atoms with Crippen molar-refractivity contribution in [1.29, 1.82) is 0 Å². The number of carbonyl (C=O) groups is 1. The molecule has 0 unspecified atom stereocenters. The van der Waals surface area contributed by atoms with Gasteiger partial charge in [-0.3, -0.25) is 9.48 Å². The molecule has 2 heterocycles. The molecule has 3 rings (SSSR count).